The molecule has 1 amide bonds. The van der Waals surface area contributed by atoms with Crippen LogP contribution >= 0.6 is 11.3 Å². The van der Waals surface area contributed by atoms with E-state index in [1.807, 2.05) is 39.2 Å². The first-order valence-electron chi connectivity index (χ1n) is 7.68. The summed E-state index contributed by atoms with van der Waals surface area (Å²) in [6, 6.07) is 8.30. The average Bonchev–Trinajstić information content (AvgIpc) is 3.07. The zero-order valence-corrected chi connectivity index (χ0v) is 13.8. The number of nitrogens with zero attached hydrogens (tertiary/aromatic N) is 4. The molecule has 3 heterocycles. The van der Waals surface area contributed by atoms with Crippen LogP contribution in [-0.2, 0) is 17.8 Å². The van der Waals surface area contributed by atoms with Gasteiger partial charge in [-0.15, -0.1) is 11.3 Å². The first kappa shape index (κ1) is 14.3. The molecule has 0 spiro atoms. The molecule has 0 radical (unpaired) electrons. The van der Waals surface area contributed by atoms with Gasteiger partial charge in [0.1, 0.15) is 0 Å². The van der Waals surface area contributed by atoms with Crippen LogP contribution in [0.25, 0.3) is 4.96 Å². The summed E-state index contributed by atoms with van der Waals surface area (Å²) in [5, 5.41) is 2.00. The lowest BCUT2D eigenvalue weighted by atomic mass is 10.1. The quantitative estimate of drug-likeness (QED) is 0.726. The van der Waals surface area contributed by atoms with Gasteiger partial charge in [-0.1, -0.05) is 18.2 Å². The highest BCUT2D eigenvalue weighted by Gasteiger charge is 2.21. The number of carbonyl (C=O) groups is 1. The molecule has 4 rings (SSSR count). The van der Waals surface area contributed by atoms with Crippen LogP contribution in [0.15, 0.2) is 42.0 Å². The number of amides is 1. The number of carbonyl (C=O) groups excluding carboxylic acids is 1. The van der Waals surface area contributed by atoms with Gasteiger partial charge in [0.05, 0.1) is 12.1 Å². The number of hydrogen-bond donors (Lipinski definition) is 0. The molecule has 0 saturated carbocycles. The molecule has 2 aromatic heterocycles. The third-order valence-corrected chi connectivity index (χ3v) is 5.07. The molecule has 0 fully saturated rings. The SMILES string of the molecule is CN1CCN(C(=O)Cc2cn3ccsc3n2)Cc2ccccc21. The predicted molar refractivity (Wildman–Crippen MR) is 91.9 cm³/mol. The maximum Gasteiger partial charge on any atom is 0.229 e. The van der Waals surface area contributed by atoms with Crippen LogP contribution in [0.1, 0.15) is 11.3 Å². The topological polar surface area (TPSA) is 40.9 Å². The Morgan fingerprint density at radius 2 is 2.17 bits per heavy atom. The van der Waals surface area contributed by atoms with E-state index >= 15 is 0 Å². The average molecular weight is 326 g/mol. The monoisotopic (exact) mass is 326 g/mol. The molecule has 0 N–H and O–H groups in total. The van der Waals surface area contributed by atoms with E-state index < -0.39 is 0 Å². The minimum absolute atomic E-state index is 0.140. The number of hydrogen-bond acceptors (Lipinski definition) is 4. The van der Waals surface area contributed by atoms with Crippen molar-refractivity contribution in [3.05, 3.63) is 53.3 Å². The van der Waals surface area contributed by atoms with Crippen molar-refractivity contribution in [1.29, 1.82) is 0 Å². The van der Waals surface area contributed by atoms with Crippen LogP contribution in [0, 0.1) is 0 Å². The van der Waals surface area contributed by atoms with Gasteiger partial charge in [0.25, 0.3) is 0 Å². The maximum absolute atomic E-state index is 12.7. The molecule has 1 aromatic carbocycles. The van der Waals surface area contributed by atoms with Crippen molar-refractivity contribution in [3.63, 3.8) is 0 Å². The molecule has 0 aliphatic carbocycles. The van der Waals surface area contributed by atoms with Crippen molar-refractivity contribution in [2.75, 3.05) is 25.0 Å². The Hall–Kier alpha value is -2.34. The van der Waals surface area contributed by atoms with E-state index in [2.05, 4.69) is 29.1 Å². The van der Waals surface area contributed by atoms with E-state index in [1.54, 1.807) is 11.3 Å². The van der Waals surface area contributed by atoms with Gasteiger partial charge in [-0.3, -0.25) is 9.20 Å². The van der Waals surface area contributed by atoms with Crippen LogP contribution < -0.4 is 4.90 Å². The molecule has 0 atom stereocenters. The molecule has 6 heteroatoms. The Morgan fingerprint density at radius 1 is 1.30 bits per heavy atom. The fraction of sp³-hybridized carbons (Fsp3) is 0.294. The lowest BCUT2D eigenvalue weighted by Gasteiger charge is -2.20. The van der Waals surface area contributed by atoms with Crippen molar-refractivity contribution in [2.24, 2.45) is 0 Å². The van der Waals surface area contributed by atoms with Crippen molar-refractivity contribution < 1.29 is 4.79 Å². The van der Waals surface area contributed by atoms with Crippen molar-refractivity contribution >= 4 is 27.9 Å². The van der Waals surface area contributed by atoms with Crippen molar-refractivity contribution in [3.8, 4) is 0 Å². The number of fused-ring (bicyclic) bond motifs is 2. The fourth-order valence-electron chi connectivity index (χ4n) is 3.03. The molecule has 3 aromatic rings. The maximum atomic E-state index is 12.7. The van der Waals surface area contributed by atoms with Gasteiger partial charge in [0.2, 0.25) is 5.91 Å². The highest BCUT2D eigenvalue weighted by molar-refractivity contribution is 7.15. The van der Waals surface area contributed by atoms with E-state index in [1.165, 1.54) is 11.3 Å². The third kappa shape index (κ3) is 2.70. The summed E-state index contributed by atoms with van der Waals surface area (Å²) in [6.07, 6.45) is 4.28. The van der Waals surface area contributed by atoms with Crippen molar-refractivity contribution in [2.45, 2.75) is 13.0 Å². The van der Waals surface area contributed by atoms with E-state index in [4.69, 9.17) is 0 Å². The second kappa shape index (κ2) is 5.70. The van der Waals surface area contributed by atoms with Crippen LogP contribution in [0.5, 0.6) is 0 Å². The Bertz CT molecular complexity index is 825. The summed E-state index contributed by atoms with van der Waals surface area (Å²) in [5.74, 6) is 0.140. The van der Waals surface area contributed by atoms with E-state index in [-0.39, 0.29) is 5.91 Å². The van der Waals surface area contributed by atoms with Gasteiger partial charge in [0, 0.05) is 50.1 Å². The largest absolute Gasteiger partial charge is 0.373 e. The Kier molecular flexibility index (Phi) is 3.53. The lowest BCUT2D eigenvalue weighted by Crippen LogP contribution is -2.35. The standard InChI is InChI=1S/C17H18N4OS/c1-19-6-7-20(11-13-4-2-3-5-15(13)19)16(22)10-14-12-21-8-9-23-17(21)18-14/h2-5,8-9,12H,6-7,10-11H2,1H3. The highest BCUT2D eigenvalue weighted by atomic mass is 32.1. The fourth-order valence-corrected chi connectivity index (χ4v) is 3.75. The van der Waals surface area contributed by atoms with Crippen molar-refractivity contribution in [1.82, 2.24) is 14.3 Å². The summed E-state index contributed by atoms with van der Waals surface area (Å²) < 4.78 is 1.97. The van der Waals surface area contributed by atoms with Crippen LogP contribution in [0.3, 0.4) is 0 Å². The summed E-state index contributed by atoms with van der Waals surface area (Å²) >= 11 is 1.59. The zero-order valence-electron chi connectivity index (χ0n) is 13.0. The smallest absolute Gasteiger partial charge is 0.229 e. The zero-order chi connectivity index (χ0) is 15.8. The number of benzene rings is 1. The second-order valence-electron chi connectivity index (χ2n) is 5.87. The van der Waals surface area contributed by atoms with Gasteiger partial charge in [-0.2, -0.15) is 0 Å². The predicted octanol–water partition coefficient (Wildman–Crippen LogP) is 2.42. The Balaban J connectivity index is 1.53. The molecule has 118 valence electrons. The van der Waals surface area contributed by atoms with Gasteiger partial charge in [-0.05, 0) is 11.6 Å². The number of para-hydroxylation sites is 1. The number of likely N-dealkylation sites (N-methyl/N-ethyl adjacent to an activating group) is 1. The molecule has 1 aliphatic rings. The number of imidazole rings is 1. The first-order valence-corrected chi connectivity index (χ1v) is 8.56. The minimum Gasteiger partial charge on any atom is -0.373 e. The van der Waals surface area contributed by atoms with Gasteiger partial charge < -0.3 is 9.80 Å². The van der Waals surface area contributed by atoms with Crippen LogP contribution in [-0.4, -0.2) is 40.3 Å². The van der Waals surface area contributed by atoms with Gasteiger partial charge in [0.15, 0.2) is 4.96 Å². The molecule has 0 unspecified atom stereocenters. The summed E-state index contributed by atoms with van der Waals surface area (Å²) in [6.45, 7) is 2.26. The Morgan fingerprint density at radius 3 is 3.04 bits per heavy atom. The number of anilines is 1. The number of aromatic nitrogens is 2. The molecule has 5 nitrogen and oxygen atoms in total. The molecular formula is C17H18N4OS. The molecule has 0 saturated heterocycles. The molecule has 1 aliphatic heterocycles. The van der Waals surface area contributed by atoms with E-state index in [0.717, 1.165) is 23.7 Å². The van der Waals surface area contributed by atoms with Gasteiger partial charge in [-0.25, -0.2) is 4.98 Å². The summed E-state index contributed by atoms with van der Waals surface area (Å²) in [5.41, 5.74) is 3.25. The normalized spacial score (nSPS) is 14.8. The number of thiazole rings is 1. The van der Waals surface area contributed by atoms with E-state index in [9.17, 15) is 4.79 Å². The summed E-state index contributed by atoms with van der Waals surface area (Å²) in [7, 11) is 2.08. The highest BCUT2D eigenvalue weighted by Crippen LogP contribution is 2.24. The summed E-state index contributed by atoms with van der Waals surface area (Å²) in [4.78, 5) is 22.3. The molecule has 23 heavy (non-hydrogen) atoms. The minimum atomic E-state index is 0.140. The number of rotatable bonds is 2. The van der Waals surface area contributed by atoms with Gasteiger partial charge >= 0.3 is 0 Å². The van der Waals surface area contributed by atoms with Crippen LogP contribution in [0.2, 0.25) is 0 Å². The molecular weight excluding hydrogens is 308 g/mol. The third-order valence-electron chi connectivity index (χ3n) is 4.30. The van der Waals surface area contributed by atoms with Crippen LogP contribution in [0.4, 0.5) is 5.69 Å². The first-order chi connectivity index (χ1) is 11.2. The molecule has 0 bridgehead atoms. The Labute approximate surface area is 138 Å². The van der Waals surface area contributed by atoms with E-state index in [0.29, 0.717) is 13.0 Å². The lowest BCUT2D eigenvalue weighted by molar-refractivity contribution is -0.130. The second-order valence-corrected chi connectivity index (χ2v) is 6.74.